The molecule has 0 aliphatic rings. The van der Waals surface area contributed by atoms with Crippen LogP contribution in [-0.4, -0.2) is 32.2 Å². The van der Waals surface area contributed by atoms with Crippen LogP contribution in [0, 0.1) is 13.8 Å². The summed E-state index contributed by atoms with van der Waals surface area (Å²) >= 11 is 0. The van der Waals surface area contributed by atoms with Crippen molar-refractivity contribution in [1.82, 2.24) is 0 Å². The Morgan fingerprint density at radius 2 is 1.58 bits per heavy atom. The van der Waals surface area contributed by atoms with Gasteiger partial charge in [0.1, 0.15) is 11.5 Å². The third kappa shape index (κ3) is 4.75. The van der Waals surface area contributed by atoms with Gasteiger partial charge in [-0.05, 0) is 50.1 Å². The number of rotatable bonds is 6. The molecule has 2 aromatic carbocycles. The number of hydrogen-bond donors (Lipinski definition) is 1. The van der Waals surface area contributed by atoms with E-state index >= 15 is 0 Å². The lowest BCUT2D eigenvalue weighted by Gasteiger charge is -2.15. The monoisotopic (exact) mass is 357 g/mol. The molecule has 1 atom stereocenters. The van der Waals surface area contributed by atoms with E-state index in [9.17, 15) is 9.59 Å². The number of aryl methyl sites for hydroxylation is 2. The number of ether oxygens (including phenoxy) is 3. The lowest BCUT2D eigenvalue weighted by molar-refractivity contribution is -0.123. The molecule has 1 amide bonds. The summed E-state index contributed by atoms with van der Waals surface area (Å²) in [6.45, 7) is 5.36. The van der Waals surface area contributed by atoms with Gasteiger partial charge in [-0.2, -0.15) is 0 Å². The second-order valence-electron chi connectivity index (χ2n) is 5.96. The van der Waals surface area contributed by atoms with Crippen LogP contribution in [-0.2, 0) is 9.53 Å². The van der Waals surface area contributed by atoms with E-state index in [4.69, 9.17) is 14.2 Å². The van der Waals surface area contributed by atoms with Gasteiger partial charge in [-0.25, -0.2) is 4.79 Å². The Hall–Kier alpha value is -3.02. The molecule has 6 heteroatoms. The Bertz CT molecular complexity index is 794. The zero-order chi connectivity index (χ0) is 19.3. The van der Waals surface area contributed by atoms with Crippen molar-refractivity contribution < 1.29 is 23.8 Å². The summed E-state index contributed by atoms with van der Waals surface area (Å²) in [5.74, 6) is -0.111. The van der Waals surface area contributed by atoms with Crippen molar-refractivity contribution in [3.8, 4) is 11.5 Å². The van der Waals surface area contributed by atoms with Gasteiger partial charge in [-0.15, -0.1) is 0 Å². The number of benzene rings is 2. The molecular formula is C20H23NO5. The lowest BCUT2D eigenvalue weighted by atomic mass is 10.1. The highest BCUT2D eigenvalue weighted by Gasteiger charge is 2.20. The number of nitrogens with one attached hydrogen (secondary N) is 1. The first kappa shape index (κ1) is 19.3. The number of carbonyl (C=O) groups excluding carboxylic acids is 2. The van der Waals surface area contributed by atoms with Crippen molar-refractivity contribution in [2.75, 3.05) is 19.5 Å². The predicted molar refractivity (Wildman–Crippen MR) is 99.0 cm³/mol. The zero-order valence-corrected chi connectivity index (χ0v) is 15.6. The summed E-state index contributed by atoms with van der Waals surface area (Å²) in [5, 5.41) is 2.79. The Labute approximate surface area is 153 Å². The number of methoxy groups -OCH3 is 2. The molecule has 0 radical (unpaired) electrons. The van der Waals surface area contributed by atoms with Gasteiger partial charge in [0, 0.05) is 11.8 Å². The van der Waals surface area contributed by atoms with Crippen molar-refractivity contribution in [2.24, 2.45) is 0 Å². The van der Waals surface area contributed by atoms with Crippen LogP contribution in [0.15, 0.2) is 36.4 Å². The number of hydrogen-bond acceptors (Lipinski definition) is 5. The zero-order valence-electron chi connectivity index (χ0n) is 15.6. The number of esters is 1. The largest absolute Gasteiger partial charge is 0.497 e. The van der Waals surface area contributed by atoms with Crippen LogP contribution >= 0.6 is 0 Å². The van der Waals surface area contributed by atoms with Crippen molar-refractivity contribution in [3.05, 3.63) is 53.1 Å². The molecule has 26 heavy (non-hydrogen) atoms. The maximum Gasteiger partial charge on any atom is 0.339 e. The normalized spacial score (nSPS) is 11.4. The highest BCUT2D eigenvalue weighted by molar-refractivity contribution is 5.98. The molecule has 2 aromatic rings. The van der Waals surface area contributed by atoms with Crippen molar-refractivity contribution >= 4 is 17.6 Å². The molecule has 2 rings (SSSR count). The van der Waals surface area contributed by atoms with Gasteiger partial charge in [-0.1, -0.05) is 12.1 Å². The topological polar surface area (TPSA) is 73.9 Å². The van der Waals surface area contributed by atoms with Gasteiger partial charge < -0.3 is 19.5 Å². The van der Waals surface area contributed by atoms with Crippen LogP contribution in [0.4, 0.5) is 5.69 Å². The van der Waals surface area contributed by atoms with E-state index in [0.29, 0.717) is 17.2 Å². The Balaban J connectivity index is 2.08. The Morgan fingerprint density at radius 1 is 0.962 bits per heavy atom. The standard InChI is InChI=1S/C20H23NO5/c1-12-6-7-13(2)18(8-12)21-19(22)14(3)26-20(23)15-9-16(24-4)11-17(10-15)25-5/h6-11,14H,1-5H3,(H,21,22)/t14-/m0/s1. The summed E-state index contributed by atoms with van der Waals surface area (Å²) < 4.78 is 15.5. The summed E-state index contributed by atoms with van der Waals surface area (Å²) in [5.41, 5.74) is 2.90. The van der Waals surface area contributed by atoms with Crippen LogP contribution in [0.2, 0.25) is 0 Å². The van der Waals surface area contributed by atoms with E-state index in [1.807, 2.05) is 32.0 Å². The van der Waals surface area contributed by atoms with Gasteiger partial charge in [0.2, 0.25) is 0 Å². The first-order valence-corrected chi connectivity index (χ1v) is 8.16. The summed E-state index contributed by atoms with van der Waals surface area (Å²) in [7, 11) is 2.98. The molecule has 0 unspecified atom stereocenters. The van der Waals surface area contributed by atoms with Crippen LogP contribution < -0.4 is 14.8 Å². The minimum Gasteiger partial charge on any atom is -0.497 e. The predicted octanol–water partition coefficient (Wildman–Crippen LogP) is 3.50. The van der Waals surface area contributed by atoms with E-state index in [1.54, 1.807) is 6.07 Å². The lowest BCUT2D eigenvalue weighted by Crippen LogP contribution is -2.30. The highest BCUT2D eigenvalue weighted by Crippen LogP contribution is 2.23. The van der Waals surface area contributed by atoms with Gasteiger partial charge in [0.15, 0.2) is 6.10 Å². The molecule has 0 aliphatic carbocycles. The van der Waals surface area contributed by atoms with Crippen molar-refractivity contribution in [2.45, 2.75) is 26.9 Å². The molecule has 0 spiro atoms. The highest BCUT2D eigenvalue weighted by atomic mass is 16.5. The molecule has 0 saturated carbocycles. The van der Waals surface area contributed by atoms with Crippen LogP contribution in [0.3, 0.4) is 0 Å². The quantitative estimate of drug-likeness (QED) is 0.801. The van der Waals surface area contributed by atoms with Crippen LogP contribution in [0.25, 0.3) is 0 Å². The first-order chi connectivity index (χ1) is 12.3. The molecule has 0 saturated heterocycles. The third-order valence-corrected chi connectivity index (χ3v) is 3.89. The van der Waals surface area contributed by atoms with Crippen LogP contribution in [0.1, 0.15) is 28.4 Å². The summed E-state index contributed by atoms with van der Waals surface area (Å²) in [6.07, 6.45) is -0.959. The van der Waals surface area contributed by atoms with Gasteiger partial charge in [-0.3, -0.25) is 4.79 Å². The van der Waals surface area contributed by atoms with E-state index in [-0.39, 0.29) is 5.56 Å². The average Bonchev–Trinajstić information content (AvgIpc) is 2.63. The van der Waals surface area contributed by atoms with Gasteiger partial charge in [0.25, 0.3) is 5.91 Å². The maximum absolute atomic E-state index is 12.4. The van der Waals surface area contributed by atoms with E-state index in [1.165, 1.54) is 33.3 Å². The fourth-order valence-electron chi connectivity index (χ4n) is 2.31. The third-order valence-electron chi connectivity index (χ3n) is 3.89. The fraction of sp³-hybridized carbons (Fsp3) is 0.300. The van der Waals surface area contributed by atoms with Crippen molar-refractivity contribution in [3.63, 3.8) is 0 Å². The average molecular weight is 357 g/mol. The molecule has 1 N–H and O–H groups in total. The first-order valence-electron chi connectivity index (χ1n) is 8.16. The summed E-state index contributed by atoms with van der Waals surface area (Å²) in [6, 6.07) is 10.5. The summed E-state index contributed by atoms with van der Waals surface area (Å²) in [4.78, 5) is 24.7. The molecule has 0 fully saturated rings. The molecule has 6 nitrogen and oxygen atoms in total. The minimum atomic E-state index is -0.959. The Morgan fingerprint density at radius 3 is 2.15 bits per heavy atom. The van der Waals surface area contributed by atoms with Gasteiger partial charge >= 0.3 is 5.97 Å². The molecule has 0 aliphatic heterocycles. The second-order valence-corrected chi connectivity index (χ2v) is 5.96. The number of carbonyl (C=O) groups is 2. The molecule has 0 aromatic heterocycles. The van der Waals surface area contributed by atoms with E-state index < -0.39 is 18.0 Å². The van der Waals surface area contributed by atoms with Crippen molar-refractivity contribution in [1.29, 1.82) is 0 Å². The molecular weight excluding hydrogens is 334 g/mol. The Kier molecular flexibility index (Phi) is 6.22. The second kappa shape index (κ2) is 8.38. The fourth-order valence-corrected chi connectivity index (χ4v) is 2.31. The van der Waals surface area contributed by atoms with E-state index in [0.717, 1.165) is 11.1 Å². The number of amides is 1. The SMILES string of the molecule is COc1cc(OC)cc(C(=O)O[C@@H](C)C(=O)Nc2cc(C)ccc2C)c1. The number of anilines is 1. The van der Waals surface area contributed by atoms with Gasteiger partial charge in [0.05, 0.1) is 19.8 Å². The molecule has 0 bridgehead atoms. The van der Waals surface area contributed by atoms with Crippen LogP contribution in [0.5, 0.6) is 11.5 Å². The smallest absolute Gasteiger partial charge is 0.339 e. The molecule has 138 valence electrons. The minimum absolute atomic E-state index is 0.243. The molecule has 0 heterocycles. The maximum atomic E-state index is 12.4. The van der Waals surface area contributed by atoms with E-state index in [2.05, 4.69) is 5.32 Å².